The van der Waals surface area contributed by atoms with E-state index in [1.54, 1.807) is 41.1 Å². The number of aromatic nitrogens is 3. The van der Waals surface area contributed by atoms with Crippen LogP contribution in [0.4, 0.5) is 23.0 Å². The number of likely N-dealkylation sites (N-methyl/N-ethyl adjacent to an activating group) is 1. The fourth-order valence-corrected chi connectivity index (χ4v) is 6.33. The van der Waals surface area contributed by atoms with E-state index in [9.17, 15) is 9.59 Å². The van der Waals surface area contributed by atoms with Gasteiger partial charge < -0.3 is 20.9 Å². The van der Waals surface area contributed by atoms with Gasteiger partial charge in [0.15, 0.2) is 5.78 Å². The highest BCUT2D eigenvalue weighted by molar-refractivity contribution is 6.10. The number of fused-ring (bicyclic) bond motifs is 2. The molecule has 2 aliphatic heterocycles. The quantitative estimate of drug-likeness (QED) is 0.216. The van der Waals surface area contributed by atoms with Crippen molar-refractivity contribution in [3.8, 4) is 0 Å². The van der Waals surface area contributed by atoms with Crippen molar-refractivity contribution in [2.24, 2.45) is 0 Å². The first-order valence-electron chi connectivity index (χ1n) is 15.2. The Morgan fingerprint density at radius 1 is 0.977 bits per heavy atom. The van der Waals surface area contributed by atoms with Gasteiger partial charge in [-0.05, 0) is 74.8 Å². The van der Waals surface area contributed by atoms with Crippen molar-refractivity contribution in [2.75, 3.05) is 42.6 Å². The summed E-state index contributed by atoms with van der Waals surface area (Å²) in [5.74, 6) is 0.0674. The van der Waals surface area contributed by atoms with Crippen LogP contribution < -0.4 is 21.5 Å². The molecule has 2 atom stereocenters. The summed E-state index contributed by atoms with van der Waals surface area (Å²) in [4.78, 5) is 39.4. The molecular weight excluding hydrogens is 550 g/mol. The second kappa shape index (κ2) is 11.9. The molecule has 4 heterocycles. The molecular formula is C35H35N7O2. The second-order valence-electron chi connectivity index (χ2n) is 11.7. The minimum Gasteiger partial charge on any atom is -0.383 e. The molecule has 0 spiro atoms. The Morgan fingerprint density at radius 3 is 2.57 bits per heavy atom. The van der Waals surface area contributed by atoms with Crippen LogP contribution >= 0.6 is 0 Å². The fraction of sp³-hybridized carbons (Fsp3) is 0.257. The van der Waals surface area contributed by atoms with Gasteiger partial charge in [-0.3, -0.25) is 14.2 Å². The standard InChI is InChI=1S/C35H35N7O2/c1-41-17-7-11-28(22-41)38-26-13-15-27(16-14-26)39-35-37-20-25-19-30(32(43)23-8-3-2-4-9-23)34(44)42(33(25)40-35)29-18-24-10-5-6-12-31(24)36-21-29/h2-6,8-10,12-16,19-20,28-29,36,38H,7,11,17-18,21-22H2,1H3,(H,37,39,40). The van der Waals surface area contributed by atoms with Crippen molar-refractivity contribution in [2.45, 2.75) is 31.3 Å². The Hall–Kier alpha value is -5.02. The number of pyridine rings is 1. The van der Waals surface area contributed by atoms with Gasteiger partial charge in [-0.25, -0.2) is 4.98 Å². The zero-order valence-corrected chi connectivity index (χ0v) is 24.7. The van der Waals surface area contributed by atoms with E-state index >= 15 is 0 Å². The number of benzene rings is 3. The van der Waals surface area contributed by atoms with Crippen LogP contribution in [-0.2, 0) is 6.42 Å². The summed E-state index contributed by atoms with van der Waals surface area (Å²) in [6.45, 7) is 2.72. The highest BCUT2D eigenvalue weighted by Gasteiger charge is 2.26. The molecule has 3 N–H and O–H groups in total. The maximum absolute atomic E-state index is 14.1. The molecule has 0 aliphatic carbocycles. The van der Waals surface area contributed by atoms with E-state index in [1.165, 1.54) is 6.42 Å². The van der Waals surface area contributed by atoms with Crippen molar-refractivity contribution >= 4 is 39.8 Å². The summed E-state index contributed by atoms with van der Waals surface area (Å²) in [5.41, 5.74) is 4.80. The summed E-state index contributed by atoms with van der Waals surface area (Å²) in [6, 6.07) is 26.9. The molecule has 0 bridgehead atoms. The van der Waals surface area contributed by atoms with Gasteiger partial charge in [-0.2, -0.15) is 4.98 Å². The van der Waals surface area contributed by atoms with E-state index in [0.717, 1.165) is 42.1 Å². The van der Waals surface area contributed by atoms with Gasteiger partial charge in [0.05, 0.1) is 11.6 Å². The van der Waals surface area contributed by atoms with Crippen LogP contribution in [0.2, 0.25) is 0 Å². The number of piperidine rings is 1. The van der Waals surface area contributed by atoms with Gasteiger partial charge in [0, 0.05) is 53.3 Å². The van der Waals surface area contributed by atoms with Crippen LogP contribution in [0, 0.1) is 0 Å². The summed E-state index contributed by atoms with van der Waals surface area (Å²) in [6.07, 6.45) is 4.68. The van der Waals surface area contributed by atoms with Gasteiger partial charge in [0.1, 0.15) is 5.65 Å². The molecule has 0 saturated carbocycles. The van der Waals surface area contributed by atoms with Crippen molar-refractivity contribution < 1.29 is 4.79 Å². The van der Waals surface area contributed by atoms with Crippen LogP contribution in [0.25, 0.3) is 11.0 Å². The molecule has 3 aromatic carbocycles. The van der Waals surface area contributed by atoms with E-state index in [-0.39, 0.29) is 22.9 Å². The average molecular weight is 586 g/mol. The monoisotopic (exact) mass is 585 g/mol. The lowest BCUT2D eigenvalue weighted by Gasteiger charge is -2.30. The average Bonchev–Trinajstić information content (AvgIpc) is 3.05. The molecule has 0 radical (unpaired) electrons. The SMILES string of the molecule is CN1CCCC(Nc2ccc(Nc3ncc4cc(C(=O)c5ccccc5)c(=O)n(C5CNc6ccccc6C5)c4n3)cc2)C1. The number of carbonyl (C=O) groups is 1. The highest BCUT2D eigenvalue weighted by atomic mass is 16.1. The molecule has 0 amide bonds. The summed E-state index contributed by atoms with van der Waals surface area (Å²) in [5, 5.41) is 11.0. The number of nitrogens with zero attached hydrogens (tertiary/aromatic N) is 4. The predicted molar refractivity (Wildman–Crippen MR) is 175 cm³/mol. The van der Waals surface area contributed by atoms with Crippen molar-refractivity contribution in [3.05, 3.63) is 118 Å². The molecule has 1 fully saturated rings. The number of hydrogen-bond donors (Lipinski definition) is 3. The summed E-state index contributed by atoms with van der Waals surface area (Å²) in [7, 11) is 2.16. The number of nitrogens with one attached hydrogen (secondary N) is 3. The number of rotatable bonds is 7. The first-order chi connectivity index (χ1) is 21.5. The topological polar surface area (TPSA) is 104 Å². The van der Waals surface area contributed by atoms with E-state index in [1.807, 2.05) is 36.4 Å². The smallest absolute Gasteiger partial charge is 0.263 e. The number of anilines is 4. The Balaban J connectivity index is 1.22. The van der Waals surface area contributed by atoms with E-state index in [2.05, 4.69) is 51.1 Å². The van der Waals surface area contributed by atoms with Crippen molar-refractivity contribution in [3.63, 3.8) is 0 Å². The fourth-order valence-electron chi connectivity index (χ4n) is 6.33. The maximum Gasteiger partial charge on any atom is 0.263 e. The third-order valence-electron chi connectivity index (χ3n) is 8.56. The Morgan fingerprint density at radius 2 is 1.75 bits per heavy atom. The number of hydrogen-bond acceptors (Lipinski definition) is 8. The van der Waals surface area contributed by atoms with E-state index in [4.69, 9.17) is 4.98 Å². The lowest BCUT2D eigenvalue weighted by molar-refractivity contribution is 0.103. The molecule has 1 saturated heterocycles. The Kier molecular flexibility index (Phi) is 7.54. The normalized spacial score (nSPS) is 18.3. The molecule has 44 heavy (non-hydrogen) atoms. The van der Waals surface area contributed by atoms with Crippen molar-refractivity contribution in [1.82, 2.24) is 19.4 Å². The minimum atomic E-state index is -0.356. The number of para-hydroxylation sites is 1. The first kappa shape index (κ1) is 27.8. The van der Waals surface area contributed by atoms with Crippen LogP contribution in [0.3, 0.4) is 0 Å². The molecule has 222 valence electrons. The lowest BCUT2D eigenvalue weighted by atomic mass is 9.98. The van der Waals surface area contributed by atoms with Gasteiger partial charge in [-0.1, -0.05) is 48.5 Å². The van der Waals surface area contributed by atoms with Crippen LogP contribution in [0.5, 0.6) is 0 Å². The number of carbonyl (C=O) groups excluding carboxylic acids is 1. The van der Waals surface area contributed by atoms with Crippen LogP contribution in [0.1, 0.15) is 40.4 Å². The van der Waals surface area contributed by atoms with Gasteiger partial charge >= 0.3 is 0 Å². The Labute approximate surface area is 256 Å². The van der Waals surface area contributed by atoms with Gasteiger partial charge in [0.25, 0.3) is 5.56 Å². The minimum absolute atomic E-state index is 0.110. The highest BCUT2D eigenvalue weighted by Crippen LogP contribution is 2.29. The Bertz CT molecular complexity index is 1870. The summed E-state index contributed by atoms with van der Waals surface area (Å²) < 4.78 is 1.68. The molecule has 5 aromatic rings. The zero-order valence-electron chi connectivity index (χ0n) is 24.7. The van der Waals surface area contributed by atoms with E-state index < -0.39 is 0 Å². The molecule has 9 nitrogen and oxygen atoms in total. The van der Waals surface area contributed by atoms with Crippen molar-refractivity contribution in [1.29, 1.82) is 0 Å². The number of likely N-dealkylation sites (tertiary alicyclic amines) is 1. The maximum atomic E-state index is 14.1. The molecule has 2 unspecified atom stereocenters. The zero-order chi connectivity index (χ0) is 30.0. The lowest BCUT2D eigenvalue weighted by Crippen LogP contribution is -2.39. The predicted octanol–water partition coefficient (Wildman–Crippen LogP) is 5.48. The third kappa shape index (κ3) is 5.66. The van der Waals surface area contributed by atoms with Crippen LogP contribution in [-0.4, -0.2) is 57.9 Å². The third-order valence-corrected chi connectivity index (χ3v) is 8.56. The first-order valence-corrected chi connectivity index (χ1v) is 15.2. The molecule has 2 aromatic heterocycles. The van der Waals surface area contributed by atoms with Gasteiger partial charge in [0.2, 0.25) is 5.95 Å². The largest absolute Gasteiger partial charge is 0.383 e. The second-order valence-corrected chi connectivity index (χ2v) is 11.7. The molecule has 9 heteroatoms. The van der Waals surface area contributed by atoms with E-state index in [0.29, 0.717) is 41.6 Å². The molecule has 7 rings (SSSR count). The van der Waals surface area contributed by atoms with Crippen LogP contribution in [0.15, 0.2) is 95.9 Å². The van der Waals surface area contributed by atoms with Gasteiger partial charge in [-0.15, -0.1) is 0 Å². The number of ketones is 1. The molecule has 2 aliphatic rings. The summed E-state index contributed by atoms with van der Waals surface area (Å²) >= 11 is 0.